The first-order valence-electron chi connectivity index (χ1n) is 7.86. The third-order valence-electron chi connectivity index (χ3n) is 3.48. The molecule has 0 aliphatic heterocycles. The standard InChI is InChI=1S/C17H19Cl3N4O2/c1-17(2,3)16(26)22-7-6-21-13-5-4-10(8-11(13)18)24-15(25)14(20)12(19)9-23-24/h4-5,8-9,21H,6-7H2,1-3H3,(H,22,26). The van der Waals surface area contributed by atoms with E-state index in [2.05, 4.69) is 15.7 Å². The zero-order valence-electron chi connectivity index (χ0n) is 14.6. The minimum Gasteiger partial charge on any atom is -0.382 e. The molecule has 2 rings (SSSR count). The molecule has 0 aliphatic carbocycles. The van der Waals surface area contributed by atoms with E-state index in [4.69, 9.17) is 34.8 Å². The van der Waals surface area contributed by atoms with Crippen LogP contribution >= 0.6 is 34.8 Å². The van der Waals surface area contributed by atoms with Crippen molar-refractivity contribution in [3.05, 3.63) is 49.8 Å². The summed E-state index contributed by atoms with van der Waals surface area (Å²) < 4.78 is 1.12. The van der Waals surface area contributed by atoms with Crippen molar-refractivity contribution in [2.24, 2.45) is 5.41 Å². The molecular weight excluding hydrogens is 399 g/mol. The Bertz CT molecular complexity index is 875. The van der Waals surface area contributed by atoms with Gasteiger partial charge in [0.1, 0.15) is 5.02 Å². The van der Waals surface area contributed by atoms with Gasteiger partial charge in [0.25, 0.3) is 5.56 Å². The number of amides is 1. The Kier molecular flexibility index (Phi) is 6.55. The fraction of sp³-hybridized carbons (Fsp3) is 0.353. The van der Waals surface area contributed by atoms with Crippen LogP contribution in [0.5, 0.6) is 0 Å². The van der Waals surface area contributed by atoms with Crippen LogP contribution in [0.2, 0.25) is 15.1 Å². The minimum absolute atomic E-state index is 0.0224. The maximum absolute atomic E-state index is 12.1. The van der Waals surface area contributed by atoms with Crippen LogP contribution in [-0.4, -0.2) is 28.8 Å². The first kappa shape index (κ1) is 20.6. The second-order valence-electron chi connectivity index (χ2n) is 6.62. The van der Waals surface area contributed by atoms with E-state index in [9.17, 15) is 9.59 Å². The Morgan fingerprint density at radius 2 is 1.85 bits per heavy atom. The topological polar surface area (TPSA) is 76.0 Å². The number of benzene rings is 1. The Morgan fingerprint density at radius 1 is 1.15 bits per heavy atom. The van der Waals surface area contributed by atoms with Gasteiger partial charge >= 0.3 is 0 Å². The van der Waals surface area contributed by atoms with Gasteiger partial charge in [0.05, 0.1) is 27.6 Å². The van der Waals surface area contributed by atoms with Crippen molar-refractivity contribution in [2.75, 3.05) is 18.4 Å². The lowest BCUT2D eigenvalue weighted by Crippen LogP contribution is -2.37. The zero-order valence-corrected chi connectivity index (χ0v) is 16.8. The van der Waals surface area contributed by atoms with E-state index in [0.29, 0.717) is 29.5 Å². The van der Waals surface area contributed by atoms with Crippen molar-refractivity contribution < 1.29 is 4.79 Å². The van der Waals surface area contributed by atoms with Crippen molar-refractivity contribution in [3.8, 4) is 5.69 Å². The number of rotatable bonds is 5. The van der Waals surface area contributed by atoms with Gasteiger partial charge in [-0.05, 0) is 18.2 Å². The molecule has 26 heavy (non-hydrogen) atoms. The molecule has 0 bridgehead atoms. The summed E-state index contributed by atoms with van der Waals surface area (Å²) in [6.07, 6.45) is 1.29. The summed E-state index contributed by atoms with van der Waals surface area (Å²) in [5.74, 6) is -0.0224. The maximum atomic E-state index is 12.1. The molecule has 9 heteroatoms. The van der Waals surface area contributed by atoms with Crippen molar-refractivity contribution in [2.45, 2.75) is 20.8 Å². The van der Waals surface area contributed by atoms with Crippen LogP contribution in [0.15, 0.2) is 29.2 Å². The van der Waals surface area contributed by atoms with Gasteiger partial charge in [0.2, 0.25) is 5.91 Å². The first-order valence-corrected chi connectivity index (χ1v) is 9.00. The predicted molar refractivity (Wildman–Crippen MR) is 106 cm³/mol. The molecule has 0 unspecified atom stereocenters. The normalized spacial score (nSPS) is 11.3. The Hall–Kier alpha value is -1.76. The number of halogens is 3. The Balaban J connectivity index is 2.05. The molecule has 2 N–H and O–H groups in total. The summed E-state index contributed by atoms with van der Waals surface area (Å²) in [6, 6.07) is 5.00. The molecule has 0 spiro atoms. The number of nitrogens with zero attached hydrogens (tertiary/aromatic N) is 2. The van der Waals surface area contributed by atoms with Crippen LogP contribution in [0.1, 0.15) is 20.8 Å². The van der Waals surface area contributed by atoms with E-state index in [1.54, 1.807) is 18.2 Å². The number of anilines is 1. The molecule has 1 aromatic heterocycles. The highest BCUT2D eigenvalue weighted by atomic mass is 35.5. The molecule has 0 saturated heterocycles. The summed E-state index contributed by atoms with van der Waals surface area (Å²) in [6.45, 7) is 6.52. The molecule has 0 saturated carbocycles. The summed E-state index contributed by atoms with van der Waals surface area (Å²) >= 11 is 17.9. The lowest BCUT2D eigenvalue weighted by atomic mass is 9.96. The third-order valence-corrected chi connectivity index (χ3v) is 4.54. The molecular formula is C17H19Cl3N4O2. The second-order valence-corrected chi connectivity index (χ2v) is 7.81. The van der Waals surface area contributed by atoms with Crippen LogP contribution in [-0.2, 0) is 4.79 Å². The van der Waals surface area contributed by atoms with Crippen molar-refractivity contribution >= 4 is 46.4 Å². The molecule has 0 fully saturated rings. The summed E-state index contributed by atoms with van der Waals surface area (Å²) in [5, 5.41) is 10.3. The average molecular weight is 418 g/mol. The Morgan fingerprint density at radius 3 is 2.46 bits per heavy atom. The van der Waals surface area contributed by atoms with Crippen LogP contribution in [0, 0.1) is 5.41 Å². The molecule has 2 aromatic rings. The summed E-state index contributed by atoms with van der Waals surface area (Å²) in [7, 11) is 0. The van der Waals surface area contributed by atoms with Crippen LogP contribution < -0.4 is 16.2 Å². The fourth-order valence-corrected chi connectivity index (χ4v) is 2.51. The third kappa shape index (κ3) is 4.90. The number of nitrogens with one attached hydrogen (secondary N) is 2. The Labute approximate surface area is 166 Å². The van der Waals surface area contributed by atoms with Gasteiger partial charge < -0.3 is 10.6 Å². The number of carbonyl (C=O) groups excluding carboxylic acids is 1. The quantitative estimate of drug-likeness (QED) is 0.726. The second kappa shape index (κ2) is 8.29. The molecule has 1 aromatic carbocycles. The van der Waals surface area contributed by atoms with Gasteiger partial charge in [-0.2, -0.15) is 9.78 Å². The SMILES string of the molecule is CC(C)(C)C(=O)NCCNc1ccc(-n2ncc(Cl)c(Cl)c2=O)cc1Cl. The van der Waals surface area contributed by atoms with E-state index >= 15 is 0 Å². The van der Waals surface area contributed by atoms with Gasteiger partial charge in [0.15, 0.2) is 0 Å². The van der Waals surface area contributed by atoms with Crippen molar-refractivity contribution in [1.82, 2.24) is 15.1 Å². The van der Waals surface area contributed by atoms with Crippen molar-refractivity contribution in [3.63, 3.8) is 0 Å². The van der Waals surface area contributed by atoms with Crippen LogP contribution in [0.4, 0.5) is 5.69 Å². The van der Waals surface area contributed by atoms with Gasteiger partial charge in [0, 0.05) is 18.5 Å². The highest BCUT2D eigenvalue weighted by Crippen LogP contribution is 2.24. The predicted octanol–water partition coefficient (Wildman–Crippen LogP) is 3.77. The molecule has 6 nitrogen and oxygen atoms in total. The smallest absolute Gasteiger partial charge is 0.291 e. The maximum Gasteiger partial charge on any atom is 0.291 e. The molecule has 1 amide bonds. The fourth-order valence-electron chi connectivity index (χ4n) is 2.01. The van der Waals surface area contributed by atoms with Crippen LogP contribution in [0.3, 0.4) is 0 Å². The molecule has 140 valence electrons. The number of carbonyl (C=O) groups is 1. The number of aromatic nitrogens is 2. The lowest BCUT2D eigenvalue weighted by Gasteiger charge is -2.18. The monoisotopic (exact) mass is 416 g/mol. The number of hydrogen-bond acceptors (Lipinski definition) is 4. The molecule has 0 atom stereocenters. The first-order chi connectivity index (χ1) is 12.1. The van der Waals surface area contributed by atoms with Gasteiger partial charge in [-0.15, -0.1) is 0 Å². The van der Waals surface area contributed by atoms with E-state index in [1.165, 1.54) is 6.20 Å². The lowest BCUT2D eigenvalue weighted by molar-refractivity contribution is -0.128. The zero-order chi connectivity index (χ0) is 19.5. The average Bonchev–Trinajstić information content (AvgIpc) is 2.57. The summed E-state index contributed by atoms with van der Waals surface area (Å²) in [5.41, 5.74) is 0.180. The summed E-state index contributed by atoms with van der Waals surface area (Å²) in [4.78, 5) is 23.9. The highest BCUT2D eigenvalue weighted by Gasteiger charge is 2.20. The van der Waals surface area contributed by atoms with Gasteiger partial charge in [-0.1, -0.05) is 55.6 Å². The van der Waals surface area contributed by atoms with E-state index < -0.39 is 11.0 Å². The van der Waals surface area contributed by atoms with Crippen LogP contribution in [0.25, 0.3) is 5.69 Å². The minimum atomic E-state index is -0.527. The van der Waals surface area contributed by atoms with Gasteiger partial charge in [-0.25, -0.2) is 0 Å². The molecule has 1 heterocycles. The molecule has 0 aliphatic rings. The van der Waals surface area contributed by atoms with Crippen molar-refractivity contribution in [1.29, 1.82) is 0 Å². The molecule has 0 radical (unpaired) electrons. The van der Waals surface area contributed by atoms with E-state index in [0.717, 1.165) is 4.68 Å². The van der Waals surface area contributed by atoms with E-state index in [-0.39, 0.29) is 16.0 Å². The van der Waals surface area contributed by atoms with E-state index in [1.807, 2.05) is 20.8 Å². The highest BCUT2D eigenvalue weighted by molar-refractivity contribution is 6.41. The largest absolute Gasteiger partial charge is 0.382 e. The van der Waals surface area contributed by atoms with Gasteiger partial charge in [-0.3, -0.25) is 9.59 Å². The number of hydrogen-bond donors (Lipinski definition) is 2.